The Morgan fingerprint density at radius 2 is 1.81 bits per heavy atom. The van der Waals surface area contributed by atoms with Crippen LogP contribution in [-0.4, -0.2) is 11.5 Å². The molecule has 0 bridgehead atoms. The summed E-state index contributed by atoms with van der Waals surface area (Å²) in [6, 6.07) is 1.98. The Bertz CT molecular complexity index is 602. The van der Waals surface area contributed by atoms with Gasteiger partial charge in [0.2, 0.25) is 0 Å². The Kier molecular flexibility index (Phi) is 5.36. The minimum atomic E-state index is -1.45. The van der Waals surface area contributed by atoms with Crippen LogP contribution in [0.2, 0.25) is 0 Å². The quantitative estimate of drug-likeness (QED) is 0.805. The predicted octanol–water partition coefficient (Wildman–Crippen LogP) is 4.29. The lowest BCUT2D eigenvalue weighted by atomic mass is 10.2. The molecule has 2 rings (SSSR count). The molecule has 0 aliphatic carbocycles. The zero-order valence-corrected chi connectivity index (χ0v) is 12.8. The van der Waals surface area contributed by atoms with Gasteiger partial charge in [-0.15, -0.1) is 11.3 Å². The van der Waals surface area contributed by atoms with E-state index in [0.29, 0.717) is 11.6 Å². The van der Waals surface area contributed by atoms with Crippen molar-refractivity contribution in [3.05, 3.63) is 40.2 Å². The van der Waals surface area contributed by atoms with Gasteiger partial charge in [-0.25, -0.2) is 18.2 Å². The fourth-order valence-corrected chi connectivity index (χ4v) is 3.06. The first-order valence-electron chi connectivity index (χ1n) is 6.91. The van der Waals surface area contributed by atoms with E-state index < -0.39 is 17.5 Å². The highest BCUT2D eigenvalue weighted by Gasteiger charge is 2.16. The number of nitrogens with zero attached hydrogens (tertiary/aromatic N) is 1. The number of aryl methyl sites for hydroxylation is 1. The van der Waals surface area contributed by atoms with Crippen molar-refractivity contribution in [3.63, 3.8) is 0 Å². The minimum absolute atomic E-state index is 0.275. The van der Waals surface area contributed by atoms with Gasteiger partial charge in [0.25, 0.3) is 0 Å². The third kappa shape index (κ3) is 3.63. The highest BCUT2D eigenvalue weighted by Crippen LogP contribution is 2.30. The Hall–Kier alpha value is -1.40. The normalized spacial score (nSPS) is 11.1. The van der Waals surface area contributed by atoms with Crippen LogP contribution >= 0.6 is 11.3 Å². The number of halogens is 3. The third-order valence-corrected chi connectivity index (χ3v) is 4.18. The Morgan fingerprint density at radius 1 is 1.14 bits per heavy atom. The second-order valence-electron chi connectivity index (χ2n) is 4.67. The molecule has 114 valence electrons. The van der Waals surface area contributed by atoms with Crippen LogP contribution in [0.1, 0.15) is 30.8 Å². The van der Waals surface area contributed by atoms with Gasteiger partial charge >= 0.3 is 0 Å². The molecule has 2 nitrogen and oxygen atoms in total. The van der Waals surface area contributed by atoms with Gasteiger partial charge in [0.15, 0.2) is 17.5 Å². The molecule has 0 unspecified atom stereocenters. The van der Waals surface area contributed by atoms with Gasteiger partial charge in [-0.05, 0) is 25.1 Å². The number of hydrogen-bond acceptors (Lipinski definition) is 3. The molecule has 6 heteroatoms. The SMILES string of the molecule is CCCc1nc(-c2cc(F)c(F)c(F)c2)sc1CNCC. The highest BCUT2D eigenvalue weighted by atomic mass is 32.1. The molecular formula is C15H17F3N2S. The molecule has 21 heavy (non-hydrogen) atoms. The van der Waals surface area contributed by atoms with Gasteiger partial charge in [0.05, 0.1) is 5.69 Å². The molecule has 1 aromatic heterocycles. The molecule has 0 saturated heterocycles. The summed E-state index contributed by atoms with van der Waals surface area (Å²) in [6.45, 7) is 5.56. The average Bonchev–Trinajstić information content (AvgIpc) is 2.85. The topological polar surface area (TPSA) is 24.9 Å². The van der Waals surface area contributed by atoms with E-state index in [9.17, 15) is 13.2 Å². The Labute approximate surface area is 126 Å². The molecule has 0 amide bonds. The lowest BCUT2D eigenvalue weighted by Crippen LogP contribution is -2.11. The van der Waals surface area contributed by atoms with Crippen LogP contribution in [0.3, 0.4) is 0 Å². The average molecular weight is 314 g/mol. The molecule has 0 radical (unpaired) electrons. The predicted molar refractivity (Wildman–Crippen MR) is 78.8 cm³/mol. The van der Waals surface area contributed by atoms with Crippen LogP contribution in [0.15, 0.2) is 12.1 Å². The van der Waals surface area contributed by atoms with E-state index >= 15 is 0 Å². The van der Waals surface area contributed by atoms with Crippen LogP contribution in [0.5, 0.6) is 0 Å². The molecule has 1 aromatic carbocycles. The molecule has 0 atom stereocenters. The highest BCUT2D eigenvalue weighted by molar-refractivity contribution is 7.15. The van der Waals surface area contributed by atoms with Crippen LogP contribution in [0, 0.1) is 17.5 Å². The molecule has 0 aliphatic heterocycles. The van der Waals surface area contributed by atoms with Crippen molar-refractivity contribution in [2.45, 2.75) is 33.2 Å². The Balaban J connectivity index is 2.39. The van der Waals surface area contributed by atoms with E-state index in [1.807, 2.05) is 13.8 Å². The van der Waals surface area contributed by atoms with E-state index in [1.165, 1.54) is 11.3 Å². The minimum Gasteiger partial charge on any atom is -0.312 e. The summed E-state index contributed by atoms with van der Waals surface area (Å²) in [5.74, 6) is -3.83. The largest absolute Gasteiger partial charge is 0.312 e. The summed E-state index contributed by atoms with van der Waals surface area (Å²) in [6.07, 6.45) is 1.75. The van der Waals surface area contributed by atoms with Crippen molar-refractivity contribution < 1.29 is 13.2 Å². The van der Waals surface area contributed by atoms with Gasteiger partial charge in [-0.3, -0.25) is 0 Å². The fourth-order valence-electron chi connectivity index (χ4n) is 1.99. The van der Waals surface area contributed by atoms with E-state index in [1.54, 1.807) is 0 Å². The molecular weight excluding hydrogens is 297 g/mol. The van der Waals surface area contributed by atoms with Crippen molar-refractivity contribution in [1.82, 2.24) is 10.3 Å². The second-order valence-corrected chi connectivity index (χ2v) is 5.76. The summed E-state index contributed by atoms with van der Waals surface area (Å²) < 4.78 is 39.7. The third-order valence-electron chi connectivity index (χ3n) is 3.03. The maximum atomic E-state index is 13.3. The first kappa shape index (κ1) is 16.0. The molecule has 0 fully saturated rings. The Morgan fingerprint density at radius 3 is 2.38 bits per heavy atom. The summed E-state index contributed by atoms with van der Waals surface area (Å²) in [4.78, 5) is 5.51. The fraction of sp³-hybridized carbons (Fsp3) is 0.400. The van der Waals surface area contributed by atoms with Crippen LogP contribution in [-0.2, 0) is 13.0 Å². The number of rotatable bonds is 6. The molecule has 0 aliphatic rings. The van der Waals surface area contributed by atoms with E-state index in [-0.39, 0.29) is 5.56 Å². The molecule has 0 spiro atoms. The summed E-state index contributed by atoms with van der Waals surface area (Å²) in [5, 5.41) is 3.74. The summed E-state index contributed by atoms with van der Waals surface area (Å²) in [5.41, 5.74) is 1.21. The van der Waals surface area contributed by atoms with Gasteiger partial charge in [-0.1, -0.05) is 20.3 Å². The number of aromatic nitrogens is 1. The standard InChI is InChI=1S/C15H17F3N2S/c1-3-5-12-13(8-19-4-2)21-15(20-12)9-6-10(16)14(18)11(17)7-9/h6-7,19H,3-5,8H2,1-2H3. The lowest BCUT2D eigenvalue weighted by Gasteiger charge is -2.00. The van der Waals surface area contributed by atoms with Gasteiger partial charge in [-0.2, -0.15) is 0 Å². The molecule has 1 N–H and O–H groups in total. The summed E-state index contributed by atoms with van der Waals surface area (Å²) >= 11 is 1.39. The zero-order chi connectivity index (χ0) is 15.4. The van der Waals surface area contributed by atoms with Gasteiger partial charge in [0, 0.05) is 17.0 Å². The second kappa shape index (κ2) is 7.04. The van der Waals surface area contributed by atoms with Crippen molar-refractivity contribution >= 4 is 11.3 Å². The number of hydrogen-bond donors (Lipinski definition) is 1. The maximum Gasteiger partial charge on any atom is 0.194 e. The molecule has 2 aromatic rings. The van der Waals surface area contributed by atoms with Crippen LogP contribution < -0.4 is 5.32 Å². The van der Waals surface area contributed by atoms with Crippen molar-refractivity contribution in [2.75, 3.05) is 6.54 Å². The van der Waals surface area contributed by atoms with E-state index in [2.05, 4.69) is 10.3 Å². The van der Waals surface area contributed by atoms with Crippen molar-refractivity contribution in [3.8, 4) is 10.6 Å². The first-order valence-corrected chi connectivity index (χ1v) is 7.72. The van der Waals surface area contributed by atoms with Gasteiger partial charge < -0.3 is 5.32 Å². The maximum absolute atomic E-state index is 13.3. The van der Waals surface area contributed by atoms with Crippen molar-refractivity contribution in [1.29, 1.82) is 0 Å². The first-order chi connectivity index (χ1) is 10.1. The zero-order valence-electron chi connectivity index (χ0n) is 12.0. The summed E-state index contributed by atoms with van der Waals surface area (Å²) in [7, 11) is 0. The lowest BCUT2D eigenvalue weighted by molar-refractivity contribution is 0.447. The number of benzene rings is 1. The van der Waals surface area contributed by atoms with Gasteiger partial charge in [0.1, 0.15) is 5.01 Å². The number of nitrogens with one attached hydrogen (secondary N) is 1. The van der Waals surface area contributed by atoms with E-state index in [4.69, 9.17) is 0 Å². The monoisotopic (exact) mass is 314 g/mol. The van der Waals surface area contributed by atoms with Crippen LogP contribution in [0.25, 0.3) is 10.6 Å². The molecule has 1 heterocycles. The number of thiazole rings is 1. The van der Waals surface area contributed by atoms with Crippen molar-refractivity contribution in [2.24, 2.45) is 0 Å². The van der Waals surface area contributed by atoms with Crippen LogP contribution in [0.4, 0.5) is 13.2 Å². The van der Waals surface area contributed by atoms with E-state index in [0.717, 1.165) is 42.1 Å². The smallest absolute Gasteiger partial charge is 0.194 e. The molecule has 0 saturated carbocycles.